The number of rotatable bonds is 2. The first kappa shape index (κ1) is 15.3. The molecule has 0 amide bonds. The summed E-state index contributed by atoms with van der Waals surface area (Å²) < 4.78 is 0. The van der Waals surface area contributed by atoms with Gasteiger partial charge in [0.05, 0.1) is 5.69 Å². The Morgan fingerprint density at radius 2 is 1.62 bits per heavy atom. The van der Waals surface area contributed by atoms with Crippen LogP contribution < -0.4 is 0 Å². The zero-order valence-electron chi connectivity index (χ0n) is 13.4. The van der Waals surface area contributed by atoms with Crippen molar-refractivity contribution in [2.45, 2.75) is 40.0 Å². The van der Waals surface area contributed by atoms with E-state index in [1.165, 1.54) is 5.56 Å². The van der Waals surface area contributed by atoms with Crippen LogP contribution in [0.1, 0.15) is 44.4 Å². The van der Waals surface area contributed by atoms with Crippen LogP contribution in [0.25, 0.3) is 0 Å². The molecule has 0 aliphatic rings. The molecule has 21 heavy (non-hydrogen) atoms. The maximum Gasteiger partial charge on any atom is 0.117 e. The van der Waals surface area contributed by atoms with E-state index in [4.69, 9.17) is 0 Å². The third-order valence-electron chi connectivity index (χ3n) is 3.65. The summed E-state index contributed by atoms with van der Waals surface area (Å²) in [6.45, 7) is 10.6. The number of aromatic hydroxyl groups is 1. The average Bonchev–Trinajstić information content (AvgIpc) is 2.42. The number of phenolic OH excluding ortho intramolecular Hbond substituents is 1. The van der Waals surface area contributed by atoms with Gasteiger partial charge in [0.2, 0.25) is 0 Å². The van der Waals surface area contributed by atoms with Crippen LogP contribution in [0.3, 0.4) is 0 Å². The predicted octanol–water partition coefficient (Wildman–Crippen LogP) is 5.14. The minimum Gasteiger partial charge on any atom is -0.508 e. The topological polar surface area (TPSA) is 32.6 Å². The van der Waals surface area contributed by atoms with E-state index in [-0.39, 0.29) is 11.2 Å². The van der Waals surface area contributed by atoms with Crippen LogP contribution in [-0.2, 0) is 5.41 Å². The van der Waals surface area contributed by atoms with Gasteiger partial charge in [0.15, 0.2) is 0 Å². The number of hydrogen-bond acceptors (Lipinski definition) is 2. The lowest BCUT2D eigenvalue weighted by molar-refractivity contribution is 0.475. The molecule has 0 spiro atoms. The first-order valence-corrected chi connectivity index (χ1v) is 7.23. The Morgan fingerprint density at radius 1 is 1.00 bits per heavy atom. The Bertz CT molecular complexity index is 661. The Balaban J connectivity index is 2.33. The Hall–Kier alpha value is -2.09. The SMILES string of the molecule is C/C(=N\c1cc(O)ccc1C)c1ccc(C(C)(C)C)cc1. The largest absolute Gasteiger partial charge is 0.508 e. The summed E-state index contributed by atoms with van der Waals surface area (Å²) in [6.07, 6.45) is 0. The second-order valence-corrected chi connectivity index (χ2v) is 6.50. The summed E-state index contributed by atoms with van der Waals surface area (Å²) in [4.78, 5) is 4.64. The number of phenols is 1. The molecule has 0 atom stereocenters. The van der Waals surface area contributed by atoms with Crippen LogP contribution in [0.4, 0.5) is 5.69 Å². The molecule has 0 aliphatic carbocycles. The molecular formula is C19H23NO. The van der Waals surface area contributed by atoms with E-state index in [9.17, 15) is 5.11 Å². The van der Waals surface area contributed by atoms with E-state index >= 15 is 0 Å². The van der Waals surface area contributed by atoms with Crippen molar-refractivity contribution in [2.75, 3.05) is 0 Å². The first-order valence-electron chi connectivity index (χ1n) is 7.23. The Labute approximate surface area is 127 Å². The normalized spacial score (nSPS) is 12.5. The van der Waals surface area contributed by atoms with Crippen LogP contribution in [0.5, 0.6) is 5.75 Å². The molecule has 0 unspecified atom stereocenters. The summed E-state index contributed by atoms with van der Waals surface area (Å²) in [7, 11) is 0. The predicted molar refractivity (Wildman–Crippen MR) is 89.9 cm³/mol. The lowest BCUT2D eigenvalue weighted by Crippen LogP contribution is -2.11. The summed E-state index contributed by atoms with van der Waals surface area (Å²) in [6, 6.07) is 13.8. The van der Waals surface area contributed by atoms with Crippen LogP contribution in [-0.4, -0.2) is 10.8 Å². The highest BCUT2D eigenvalue weighted by molar-refractivity contribution is 6.00. The van der Waals surface area contributed by atoms with E-state index in [0.29, 0.717) is 0 Å². The number of nitrogens with zero attached hydrogens (tertiary/aromatic N) is 1. The maximum absolute atomic E-state index is 9.58. The van der Waals surface area contributed by atoms with Crippen LogP contribution in [0, 0.1) is 6.92 Å². The highest BCUT2D eigenvalue weighted by Crippen LogP contribution is 2.26. The monoisotopic (exact) mass is 281 g/mol. The quantitative estimate of drug-likeness (QED) is 0.760. The van der Waals surface area contributed by atoms with Crippen molar-refractivity contribution in [3.05, 3.63) is 59.2 Å². The zero-order valence-corrected chi connectivity index (χ0v) is 13.4. The molecule has 2 rings (SSSR count). The second kappa shape index (κ2) is 5.72. The van der Waals surface area contributed by atoms with E-state index in [1.54, 1.807) is 12.1 Å². The van der Waals surface area contributed by atoms with Gasteiger partial charge in [-0.15, -0.1) is 0 Å². The molecule has 0 fully saturated rings. The van der Waals surface area contributed by atoms with Gasteiger partial charge in [0, 0.05) is 11.8 Å². The molecule has 110 valence electrons. The van der Waals surface area contributed by atoms with Gasteiger partial charge in [-0.25, -0.2) is 0 Å². The zero-order chi connectivity index (χ0) is 15.6. The minimum absolute atomic E-state index is 0.158. The fourth-order valence-electron chi connectivity index (χ4n) is 2.17. The summed E-state index contributed by atoms with van der Waals surface area (Å²) >= 11 is 0. The Morgan fingerprint density at radius 3 is 2.19 bits per heavy atom. The van der Waals surface area contributed by atoms with Crippen LogP contribution in [0.15, 0.2) is 47.5 Å². The number of hydrogen-bond donors (Lipinski definition) is 1. The fourth-order valence-corrected chi connectivity index (χ4v) is 2.17. The molecule has 0 aromatic heterocycles. The van der Waals surface area contributed by atoms with Crippen LogP contribution >= 0.6 is 0 Å². The van der Waals surface area contributed by atoms with E-state index in [0.717, 1.165) is 22.5 Å². The van der Waals surface area contributed by atoms with Crippen molar-refractivity contribution < 1.29 is 5.11 Å². The smallest absolute Gasteiger partial charge is 0.117 e. The molecule has 0 heterocycles. The van der Waals surface area contributed by atoms with Gasteiger partial charge >= 0.3 is 0 Å². The van der Waals surface area contributed by atoms with Gasteiger partial charge in [0.25, 0.3) is 0 Å². The molecule has 0 saturated carbocycles. The van der Waals surface area contributed by atoms with E-state index in [2.05, 4.69) is 50.0 Å². The minimum atomic E-state index is 0.158. The third-order valence-corrected chi connectivity index (χ3v) is 3.65. The lowest BCUT2D eigenvalue weighted by Gasteiger charge is -2.19. The molecule has 0 bridgehead atoms. The molecular weight excluding hydrogens is 258 g/mol. The van der Waals surface area contributed by atoms with Crippen molar-refractivity contribution in [1.29, 1.82) is 0 Å². The summed E-state index contributed by atoms with van der Waals surface area (Å²) in [5.41, 5.74) is 5.39. The molecule has 1 N–H and O–H groups in total. The standard InChI is InChI=1S/C19H23NO/c1-13-6-11-17(21)12-18(13)20-14(2)15-7-9-16(10-8-15)19(3,4)5/h6-12,21H,1-5H3/b20-14+. The molecule has 2 aromatic rings. The molecule has 2 nitrogen and oxygen atoms in total. The maximum atomic E-state index is 9.58. The van der Waals surface area contributed by atoms with Crippen molar-refractivity contribution in [1.82, 2.24) is 0 Å². The van der Waals surface area contributed by atoms with Gasteiger partial charge in [-0.05, 0) is 42.0 Å². The number of aryl methyl sites for hydroxylation is 1. The molecule has 2 aromatic carbocycles. The van der Waals surface area contributed by atoms with Crippen molar-refractivity contribution in [3.8, 4) is 5.75 Å². The van der Waals surface area contributed by atoms with E-state index in [1.807, 2.05) is 19.9 Å². The van der Waals surface area contributed by atoms with Crippen molar-refractivity contribution in [3.63, 3.8) is 0 Å². The number of aliphatic imine (C=N–C) groups is 1. The third kappa shape index (κ3) is 3.72. The summed E-state index contributed by atoms with van der Waals surface area (Å²) in [5, 5.41) is 9.58. The highest BCUT2D eigenvalue weighted by Gasteiger charge is 2.13. The van der Waals surface area contributed by atoms with Gasteiger partial charge in [0.1, 0.15) is 5.75 Å². The summed E-state index contributed by atoms with van der Waals surface area (Å²) in [5.74, 6) is 0.246. The van der Waals surface area contributed by atoms with Gasteiger partial charge < -0.3 is 5.11 Å². The first-order chi connectivity index (χ1) is 9.77. The highest BCUT2D eigenvalue weighted by atomic mass is 16.3. The van der Waals surface area contributed by atoms with Crippen molar-refractivity contribution in [2.24, 2.45) is 4.99 Å². The number of benzene rings is 2. The molecule has 0 saturated heterocycles. The van der Waals surface area contributed by atoms with Gasteiger partial charge in [-0.3, -0.25) is 4.99 Å². The molecule has 2 heteroatoms. The van der Waals surface area contributed by atoms with Crippen molar-refractivity contribution >= 4 is 11.4 Å². The van der Waals surface area contributed by atoms with E-state index < -0.39 is 0 Å². The van der Waals surface area contributed by atoms with Gasteiger partial charge in [-0.1, -0.05) is 51.1 Å². The lowest BCUT2D eigenvalue weighted by atomic mass is 9.86. The fraction of sp³-hybridized carbons (Fsp3) is 0.316. The molecule has 0 radical (unpaired) electrons. The van der Waals surface area contributed by atoms with Crippen LogP contribution in [0.2, 0.25) is 0 Å². The molecule has 0 aliphatic heterocycles. The average molecular weight is 281 g/mol. The Kier molecular flexibility index (Phi) is 4.17. The second-order valence-electron chi connectivity index (χ2n) is 6.50. The van der Waals surface area contributed by atoms with Gasteiger partial charge in [-0.2, -0.15) is 0 Å².